The molecule has 2 N–H and O–H groups in total. The summed E-state index contributed by atoms with van der Waals surface area (Å²) in [5.41, 5.74) is 3.41. The van der Waals surface area contributed by atoms with Gasteiger partial charge in [0.15, 0.2) is 6.61 Å². The number of carbonyl (C=O) groups is 3. The first kappa shape index (κ1) is 20.8. The molecular formula is C24H22N2O4S. The van der Waals surface area contributed by atoms with Crippen molar-refractivity contribution >= 4 is 34.8 Å². The van der Waals surface area contributed by atoms with E-state index in [4.69, 9.17) is 4.74 Å². The predicted octanol–water partition coefficient (Wildman–Crippen LogP) is 4.35. The number of carbonyl (C=O) groups excluding carboxylic acids is 3. The zero-order valence-electron chi connectivity index (χ0n) is 16.8. The molecular weight excluding hydrogens is 412 g/mol. The van der Waals surface area contributed by atoms with Crippen LogP contribution >= 0.6 is 11.3 Å². The Labute approximate surface area is 184 Å². The van der Waals surface area contributed by atoms with Gasteiger partial charge >= 0.3 is 5.97 Å². The fourth-order valence-corrected chi connectivity index (χ4v) is 4.34. The Morgan fingerprint density at radius 2 is 1.84 bits per heavy atom. The summed E-state index contributed by atoms with van der Waals surface area (Å²) in [6, 6.07) is 16.3. The zero-order chi connectivity index (χ0) is 21.6. The van der Waals surface area contributed by atoms with Gasteiger partial charge in [0.2, 0.25) is 0 Å². The van der Waals surface area contributed by atoms with Gasteiger partial charge in [-0.15, -0.1) is 0 Å². The van der Waals surface area contributed by atoms with E-state index in [1.807, 2.05) is 18.2 Å². The number of aryl methyl sites for hydroxylation is 1. The number of rotatable bonds is 6. The van der Waals surface area contributed by atoms with Crippen molar-refractivity contribution < 1.29 is 19.1 Å². The Hall–Kier alpha value is -3.45. The average Bonchev–Trinajstić information content (AvgIpc) is 3.33. The Morgan fingerprint density at radius 3 is 2.68 bits per heavy atom. The van der Waals surface area contributed by atoms with Gasteiger partial charge < -0.3 is 15.4 Å². The van der Waals surface area contributed by atoms with Gasteiger partial charge in [-0.25, -0.2) is 4.79 Å². The van der Waals surface area contributed by atoms with E-state index >= 15 is 0 Å². The molecule has 4 rings (SSSR count). The lowest BCUT2D eigenvalue weighted by Gasteiger charge is -2.26. The number of fused-ring (bicyclic) bond motifs is 1. The molecule has 0 spiro atoms. The van der Waals surface area contributed by atoms with Gasteiger partial charge in [0.1, 0.15) is 0 Å². The number of para-hydroxylation sites is 1. The van der Waals surface area contributed by atoms with Crippen LogP contribution in [-0.2, 0) is 16.0 Å². The Morgan fingerprint density at radius 1 is 1.03 bits per heavy atom. The van der Waals surface area contributed by atoms with Crippen molar-refractivity contribution in [3.63, 3.8) is 0 Å². The number of esters is 1. The second kappa shape index (κ2) is 9.57. The van der Waals surface area contributed by atoms with Crippen LogP contribution < -0.4 is 10.6 Å². The number of ether oxygens (including phenoxy) is 1. The molecule has 1 aliphatic carbocycles. The van der Waals surface area contributed by atoms with Gasteiger partial charge in [-0.1, -0.05) is 36.4 Å². The molecule has 0 fully saturated rings. The second-order valence-electron chi connectivity index (χ2n) is 7.30. The minimum absolute atomic E-state index is 0.0756. The molecule has 1 atom stereocenters. The molecule has 1 aliphatic rings. The fraction of sp³-hybridized carbons (Fsp3) is 0.208. The molecule has 1 aromatic heterocycles. The zero-order valence-corrected chi connectivity index (χ0v) is 17.6. The van der Waals surface area contributed by atoms with Crippen LogP contribution in [0.4, 0.5) is 5.69 Å². The molecule has 6 nitrogen and oxygen atoms in total. The highest BCUT2D eigenvalue weighted by molar-refractivity contribution is 7.08. The summed E-state index contributed by atoms with van der Waals surface area (Å²) < 4.78 is 5.23. The molecule has 0 bridgehead atoms. The van der Waals surface area contributed by atoms with Crippen LogP contribution in [0.5, 0.6) is 0 Å². The third-order valence-corrected chi connectivity index (χ3v) is 5.90. The Balaban J connectivity index is 1.36. The van der Waals surface area contributed by atoms with Crippen LogP contribution in [-0.4, -0.2) is 24.4 Å². The summed E-state index contributed by atoms with van der Waals surface area (Å²) in [5, 5.41) is 9.22. The van der Waals surface area contributed by atoms with Gasteiger partial charge in [-0.2, -0.15) is 11.3 Å². The topological polar surface area (TPSA) is 84.5 Å². The van der Waals surface area contributed by atoms with Gasteiger partial charge in [-0.05, 0) is 54.0 Å². The fourth-order valence-electron chi connectivity index (χ4n) is 3.71. The van der Waals surface area contributed by atoms with E-state index in [2.05, 4.69) is 16.7 Å². The van der Waals surface area contributed by atoms with Crippen LogP contribution in [0.3, 0.4) is 0 Å². The number of amides is 2. The van der Waals surface area contributed by atoms with E-state index in [1.165, 1.54) is 16.9 Å². The van der Waals surface area contributed by atoms with Crippen LogP contribution in [0, 0.1) is 0 Å². The van der Waals surface area contributed by atoms with Crippen LogP contribution in [0.25, 0.3) is 0 Å². The van der Waals surface area contributed by atoms with E-state index < -0.39 is 5.97 Å². The molecule has 31 heavy (non-hydrogen) atoms. The molecule has 2 aromatic carbocycles. The summed E-state index contributed by atoms with van der Waals surface area (Å²) in [6.07, 6.45) is 2.86. The molecule has 0 saturated carbocycles. The van der Waals surface area contributed by atoms with Gasteiger partial charge in [0.05, 0.1) is 22.9 Å². The minimum atomic E-state index is -0.666. The van der Waals surface area contributed by atoms with Crippen LogP contribution in [0.15, 0.2) is 65.4 Å². The van der Waals surface area contributed by atoms with Gasteiger partial charge in [-0.3, -0.25) is 9.59 Å². The maximum absolute atomic E-state index is 12.6. The molecule has 158 valence electrons. The number of benzene rings is 2. The minimum Gasteiger partial charge on any atom is -0.452 e. The third-order valence-electron chi connectivity index (χ3n) is 5.22. The van der Waals surface area contributed by atoms with Crippen LogP contribution in [0.2, 0.25) is 0 Å². The monoisotopic (exact) mass is 434 g/mol. The van der Waals surface area contributed by atoms with Crippen molar-refractivity contribution in [2.45, 2.75) is 25.3 Å². The maximum Gasteiger partial charge on any atom is 0.340 e. The van der Waals surface area contributed by atoms with E-state index in [0.717, 1.165) is 24.8 Å². The molecule has 0 aliphatic heterocycles. The summed E-state index contributed by atoms with van der Waals surface area (Å²) in [5.74, 6) is -1.33. The highest BCUT2D eigenvalue weighted by atomic mass is 32.1. The lowest BCUT2D eigenvalue weighted by molar-refractivity contribution is -0.125. The quantitative estimate of drug-likeness (QED) is 0.565. The van der Waals surface area contributed by atoms with Gasteiger partial charge in [0, 0.05) is 5.38 Å². The van der Waals surface area contributed by atoms with E-state index in [9.17, 15) is 14.4 Å². The predicted molar refractivity (Wildman–Crippen MR) is 119 cm³/mol. The number of thiophene rings is 1. The first-order valence-corrected chi connectivity index (χ1v) is 11.0. The summed E-state index contributed by atoms with van der Waals surface area (Å²) in [7, 11) is 0. The summed E-state index contributed by atoms with van der Waals surface area (Å²) in [6.45, 7) is -0.385. The number of anilines is 1. The molecule has 2 amide bonds. The third kappa shape index (κ3) is 5.00. The van der Waals surface area contributed by atoms with E-state index in [-0.39, 0.29) is 30.0 Å². The van der Waals surface area contributed by atoms with Gasteiger partial charge in [0.25, 0.3) is 11.8 Å². The maximum atomic E-state index is 12.6. The van der Waals surface area contributed by atoms with E-state index in [1.54, 1.807) is 41.1 Å². The molecule has 7 heteroatoms. The molecule has 1 heterocycles. The summed E-state index contributed by atoms with van der Waals surface area (Å²) in [4.78, 5) is 37.3. The highest BCUT2D eigenvalue weighted by Gasteiger charge is 2.22. The standard InChI is InChI=1S/C24H22N2O4S/c27-22(25-20-11-5-7-16-6-1-2-8-18(16)20)14-30-24(29)19-9-3-4-10-21(19)26-23(28)17-12-13-31-15-17/h1-4,6,8-10,12-13,15,20H,5,7,11,14H2,(H,25,27)(H,26,28). The first-order valence-electron chi connectivity index (χ1n) is 10.1. The molecule has 0 radical (unpaired) electrons. The SMILES string of the molecule is O=C(COC(=O)c1ccccc1NC(=O)c1ccsc1)NC1CCCc2ccccc21. The van der Waals surface area contributed by atoms with Crippen molar-refractivity contribution in [3.05, 3.63) is 87.6 Å². The van der Waals surface area contributed by atoms with Crippen LogP contribution in [0.1, 0.15) is 50.7 Å². The second-order valence-corrected chi connectivity index (χ2v) is 8.08. The molecule has 1 unspecified atom stereocenters. The first-order chi connectivity index (χ1) is 15.1. The normalized spacial score (nSPS) is 14.9. The highest BCUT2D eigenvalue weighted by Crippen LogP contribution is 2.29. The van der Waals surface area contributed by atoms with Crippen molar-refractivity contribution in [1.29, 1.82) is 0 Å². The van der Waals surface area contributed by atoms with Crippen molar-refractivity contribution in [3.8, 4) is 0 Å². The lowest BCUT2D eigenvalue weighted by Crippen LogP contribution is -2.34. The number of hydrogen-bond donors (Lipinski definition) is 2. The molecule has 0 saturated heterocycles. The largest absolute Gasteiger partial charge is 0.452 e. The van der Waals surface area contributed by atoms with E-state index in [0.29, 0.717) is 11.3 Å². The van der Waals surface area contributed by atoms with Crippen molar-refractivity contribution in [2.75, 3.05) is 11.9 Å². The summed E-state index contributed by atoms with van der Waals surface area (Å²) >= 11 is 1.41. The van der Waals surface area contributed by atoms with Crippen molar-refractivity contribution in [2.24, 2.45) is 0 Å². The number of hydrogen-bond acceptors (Lipinski definition) is 5. The average molecular weight is 435 g/mol. The number of nitrogens with one attached hydrogen (secondary N) is 2. The Bertz CT molecular complexity index is 1090. The molecule has 3 aromatic rings. The lowest BCUT2D eigenvalue weighted by atomic mass is 9.88. The Kier molecular flexibility index (Phi) is 6.43. The smallest absolute Gasteiger partial charge is 0.340 e. The van der Waals surface area contributed by atoms with Crippen molar-refractivity contribution in [1.82, 2.24) is 5.32 Å².